The molecule has 0 heterocycles. The summed E-state index contributed by atoms with van der Waals surface area (Å²) in [4.78, 5) is 0. The van der Waals surface area contributed by atoms with Gasteiger partial charge in [0.25, 0.3) is 10.1 Å². The monoisotopic (exact) mass is 218 g/mol. The third kappa shape index (κ3) is 6.07. The number of hydrogen-bond donors (Lipinski definition) is 1. The quantitative estimate of drug-likeness (QED) is 0.488. The predicted octanol–water partition coefficient (Wildman–Crippen LogP) is -0.794. The van der Waals surface area contributed by atoms with Crippen LogP contribution in [0.1, 0.15) is 42.5 Å². The third-order valence-electron chi connectivity index (χ3n) is 1.65. The van der Waals surface area contributed by atoms with Crippen molar-refractivity contribution in [2.75, 3.05) is 0 Å². The molecule has 0 radical (unpaired) electrons. The van der Waals surface area contributed by atoms with E-state index in [-0.39, 0.29) is 36.4 Å². The largest absolute Gasteiger partial charge is 1.00 e. The molecule has 0 atom stereocenters. The molecule has 1 N–H and O–H groups in total. The van der Waals surface area contributed by atoms with E-state index in [0.29, 0.717) is 6.42 Å². The van der Waals surface area contributed by atoms with Crippen LogP contribution in [0.4, 0.5) is 0 Å². The van der Waals surface area contributed by atoms with E-state index in [2.05, 4.69) is 0 Å². The van der Waals surface area contributed by atoms with Gasteiger partial charge in [0.1, 0.15) is 0 Å². The summed E-state index contributed by atoms with van der Waals surface area (Å²) in [6.45, 7) is 8.90. The fourth-order valence-electron chi connectivity index (χ4n) is 1.37. The summed E-state index contributed by atoms with van der Waals surface area (Å²) in [6, 6.07) is 0. The van der Waals surface area contributed by atoms with E-state index >= 15 is 0 Å². The van der Waals surface area contributed by atoms with Crippen molar-refractivity contribution in [1.82, 2.24) is 0 Å². The molecule has 0 aliphatic heterocycles. The van der Waals surface area contributed by atoms with Crippen LogP contribution in [0.2, 0.25) is 0 Å². The fourth-order valence-corrected chi connectivity index (χ4v) is 1.98. The molecule has 0 aliphatic carbocycles. The van der Waals surface area contributed by atoms with Gasteiger partial charge in [0.2, 0.25) is 0 Å². The van der Waals surface area contributed by atoms with E-state index in [1.807, 2.05) is 20.8 Å². The van der Waals surface area contributed by atoms with Gasteiger partial charge in [0, 0.05) is 0 Å². The van der Waals surface area contributed by atoms with Crippen molar-refractivity contribution in [3.63, 3.8) is 0 Å². The summed E-state index contributed by atoms with van der Waals surface area (Å²) in [5.74, 6) is 0. The Bertz CT molecular complexity index is 254. The van der Waals surface area contributed by atoms with Gasteiger partial charge in [-0.2, -0.15) is 8.42 Å². The topological polar surface area (TPSA) is 54.4 Å². The Morgan fingerprint density at radius 2 is 1.46 bits per heavy atom. The Balaban J connectivity index is -0.000000605. The predicted molar refractivity (Wildman–Crippen MR) is 50.8 cm³/mol. The van der Waals surface area contributed by atoms with Crippen molar-refractivity contribution in [3.05, 3.63) is 0 Å². The fraction of sp³-hybridized carbons (Fsp3) is 1.00. The summed E-state index contributed by atoms with van der Waals surface area (Å²) in [5, 5.41) is 0. The summed E-state index contributed by atoms with van der Waals surface area (Å²) >= 11 is 0. The Morgan fingerprint density at radius 1 is 1.15 bits per heavy atom. The molecule has 0 aromatic rings. The van der Waals surface area contributed by atoms with Gasteiger partial charge in [-0.1, -0.05) is 20.8 Å². The van der Waals surface area contributed by atoms with E-state index < -0.39 is 14.9 Å². The molecule has 0 bridgehead atoms. The number of hydrogen-bond acceptors (Lipinski definition) is 2. The Hall–Kier alpha value is 0.910. The molecular weight excluding hydrogens is 199 g/mol. The standard InChI is InChI=1S/C8H18O3S.Na.H/c1-7(2,3)6-8(4,5)12(9,10)11;;/h6H2,1-5H3,(H,9,10,11);;/q;+1;-1. The van der Waals surface area contributed by atoms with Crippen LogP contribution in [0, 0.1) is 5.41 Å². The molecule has 0 spiro atoms. The van der Waals surface area contributed by atoms with Gasteiger partial charge in [-0.25, -0.2) is 0 Å². The van der Waals surface area contributed by atoms with Gasteiger partial charge in [0.15, 0.2) is 0 Å². The molecule has 0 saturated heterocycles. The zero-order chi connectivity index (χ0) is 10.2. The van der Waals surface area contributed by atoms with E-state index in [0.717, 1.165) is 0 Å². The Kier molecular flexibility index (Phi) is 5.81. The van der Waals surface area contributed by atoms with Crippen molar-refractivity contribution in [2.24, 2.45) is 5.41 Å². The maximum Gasteiger partial charge on any atom is 1.00 e. The molecule has 0 rings (SSSR count). The second-order valence-corrected chi connectivity index (χ2v) is 7.03. The van der Waals surface area contributed by atoms with Gasteiger partial charge in [-0.15, -0.1) is 0 Å². The van der Waals surface area contributed by atoms with Crippen LogP contribution < -0.4 is 29.6 Å². The first-order valence-corrected chi connectivity index (χ1v) is 5.37. The first kappa shape index (κ1) is 16.3. The van der Waals surface area contributed by atoms with Crippen molar-refractivity contribution in [3.8, 4) is 0 Å². The summed E-state index contributed by atoms with van der Waals surface area (Å²) in [5.41, 5.74) is -0.0979. The average Bonchev–Trinajstić information content (AvgIpc) is 1.52. The van der Waals surface area contributed by atoms with Crippen LogP contribution in [-0.2, 0) is 10.1 Å². The van der Waals surface area contributed by atoms with Crippen LogP contribution in [0.3, 0.4) is 0 Å². The second kappa shape index (κ2) is 4.62. The molecule has 0 fully saturated rings. The van der Waals surface area contributed by atoms with Crippen LogP contribution in [0.5, 0.6) is 0 Å². The van der Waals surface area contributed by atoms with Crippen LogP contribution in [0.25, 0.3) is 0 Å². The summed E-state index contributed by atoms with van der Waals surface area (Å²) in [7, 11) is -3.94. The first-order chi connectivity index (χ1) is 4.96. The van der Waals surface area contributed by atoms with Crippen molar-refractivity contribution < 1.29 is 44.0 Å². The number of rotatable bonds is 2. The third-order valence-corrected chi connectivity index (χ3v) is 3.20. The van der Waals surface area contributed by atoms with Gasteiger partial charge >= 0.3 is 29.6 Å². The normalized spacial score (nSPS) is 13.7. The molecular formula is C8H19NaO3S. The van der Waals surface area contributed by atoms with E-state index in [4.69, 9.17) is 4.55 Å². The Morgan fingerprint density at radius 3 is 1.54 bits per heavy atom. The van der Waals surface area contributed by atoms with Gasteiger partial charge < -0.3 is 1.43 Å². The maximum absolute atomic E-state index is 10.9. The maximum atomic E-state index is 10.9. The van der Waals surface area contributed by atoms with E-state index in [1.165, 1.54) is 13.8 Å². The van der Waals surface area contributed by atoms with Crippen molar-refractivity contribution >= 4 is 10.1 Å². The molecule has 0 aromatic carbocycles. The first-order valence-electron chi connectivity index (χ1n) is 3.93. The molecule has 13 heavy (non-hydrogen) atoms. The summed E-state index contributed by atoms with van der Waals surface area (Å²) < 4.78 is 29.6. The second-order valence-electron chi connectivity index (χ2n) is 4.97. The summed E-state index contributed by atoms with van der Waals surface area (Å²) in [6.07, 6.45) is 0.443. The molecule has 76 valence electrons. The van der Waals surface area contributed by atoms with Crippen molar-refractivity contribution in [1.29, 1.82) is 0 Å². The van der Waals surface area contributed by atoms with Crippen LogP contribution in [-0.4, -0.2) is 17.7 Å². The van der Waals surface area contributed by atoms with E-state index in [9.17, 15) is 8.42 Å². The van der Waals surface area contributed by atoms with Gasteiger partial charge in [0.05, 0.1) is 4.75 Å². The van der Waals surface area contributed by atoms with Crippen LogP contribution >= 0.6 is 0 Å². The minimum atomic E-state index is -3.94. The van der Waals surface area contributed by atoms with Gasteiger partial charge in [-0.05, 0) is 25.7 Å². The molecule has 0 unspecified atom stereocenters. The van der Waals surface area contributed by atoms with Crippen molar-refractivity contribution in [2.45, 2.75) is 45.8 Å². The van der Waals surface area contributed by atoms with Crippen LogP contribution in [0.15, 0.2) is 0 Å². The molecule has 5 heteroatoms. The SMILES string of the molecule is CC(C)(C)CC(C)(C)S(=O)(=O)O.[H-].[Na+]. The average molecular weight is 218 g/mol. The van der Waals surface area contributed by atoms with E-state index in [1.54, 1.807) is 0 Å². The Labute approximate surface area is 105 Å². The minimum absolute atomic E-state index is 0. The molecule has 0 amide bonds. The smallest absolute Gasteiger partial charge is 1.00 e. The molecule has 0 aliphatic rings. The minimum Gasteiger partial charge on any atom is -1.00 e. The zero-order valence-electron chi connectivity index (χ0n) is 10.4. The zero-order valence-corrected chi connectivity index (χ0v) is 12.2. The molecule has 0 aromatic heterocycles. The molecule has 3 nitrogen and oxygen atoms in total. The van der Waals surface area contributed by atoms with Gasteiger partial charge in [-0.3, -0.25) is 4.55 Å². The molecule has 0 saturated carbocycles.